The first-order valence-corrected chi connectivity index (χ1v) is 7.49. The van der Waals surface area contributed by atoms with E-state index in [0.717, 1.165) is 12.8 Å². The van der Waals surface area contributed by atoms with E-state index in [1.165, 1.54) is 0 Å². The zero-order valence-corrected chi connectivity index (χ0v) is 12.2. The molecule has 0 N–H and O–H groups in total. The molecule has 7 nitrogen and oxygen atoms in total. The minimum absolute atomic E-state index is 0.0874. The summed E-state index contributed by atoms with van der Waals surface area (Å²) in [5.74, 6) is 1.63. The van der Waals surface area contributed by atoms with E-state index >= 15 is 0 Å². The van der Waals surface area contributed by atoms with Gasteiger partial charge in [0.2, 0.25) is 23.6 Å². The lowest BCUT2D eigenvalue weighted by molar-refractivity contribution is -0.140. The van der Waals surface area contributed by atoms with E-state index in [4.69, 9.17) is 4.42 Å². The van der Waals surface area contributed by atoms with Crippen molar-refractivity contribution in [3.05, 3.63) is 11.8 Å². The third-order valence-corrected chi connectivity index (χ3v) is 3.99. The molecule has 1 saturated heterocycles. The summed E-state index contributed by atoms with van der Waals surface area (Å²) in [5.41, 5.74) is 0. The molecule has 1 aromatic rings. The first-order chi connectivity index (χ1) is 10.1. The second kappa shape index (κ2) is 5.83. The fraction of sp³-hybridized carbons (Fsp3) is 0.714. The number of aryl methyl sites for hydroxylation is 2. The largest absolute Gasteiger partial charge is 0.426 e. The van der Waals surface area contributed by atoms with E-state index < -0.39 is 0 Å². The van der Waals surface area contributed by atoms with Crippen LogP contribution in [0.4, 0.5) is 0 Å². The Labute approximate surface area is 123 Å². The molecular weight excluding hydrogens is 272 g/mol. The highest BCUT2D eigenvalue weighted by atomic mass is 16.4. The molecule has 21 heavy (non-hydrogen) atoms. The quantitative estimate of drug-likeness (QED) is 0.802. The van der Waals surface area contributed by atoms with E-state index in [-0.39, 0.29) is 17.7 Å². The number of amides is 2. The van der Waals surface area contributed by atoms with Gasteiger partial charge in [0.05, 0.1) is 0 Å². The number of carbonyl (C=O) groups excluding carboxylic acids is 2. The lowest BCUT2D eigenvalue weighted by atomic mass is 10.2. The van der Waals surface area contributed by atoms with Crippen LogP contribution in [0, 0.1) is 12.8 Å². The standard InChI is InChI=1S/C14H20N4O3/c1-10-15-16-12(21-10)4-5-13(19)17-6-8-18(9-7-17)14(20)11-2-3-11/h11H,2-9H2,1H3. The van der Waals surface area contributed by atoms with Crippen molar-refractivity contribution in [3.8, 4) is 0 Å². The van der Waals surface area contributed by atoms with Gasteiger partial charge in [0.15, 0.2) is 0 Å². The summed E-state index contributed by atoms with van der Waals surface area (Å²) in [5, 5.41) is 7.63. The fourth-order valence-corrected chi connectivity index (χ4v) is 2.58. The predicted octanol–water partition coefficient (Wildman–Crippen LogP) is 0.391. The maximum atomic E-state index is 12.1. The van der Waals surface area contributed by atoms with Crippen LogP contribution in [0.25, 0.3) is 0 Å². The molecule has 114 valence electrons. The average molecular weight is 292 g/mol. The third-order valence-electron chi connectivity index (χ3n) is 3.99. The van der Waals surface area contributed by atoms with Gasteiger partial charge in [0.25, 0.3) is 0 Å². The van der Waals surface area contributed by atoms with Crippen molar-refractivity contribution in [2.45, 2.75) is 32.6 Å². The second-order valence-corrected chi connectivity index (χ2v) is 5.70. The Morgan fingerprint density at radius 1 is 1.14 bits per heavy atom. The third kappa shape index (κ3) is 3.40. The van der Waals surface area contributed by atoms with E-state index in [1.54, 1.807) is 6.92 Å². The zero-order chi connectivity index (χ0) is 14.8. The van der Waals surface area contributed by atoms with Crippen molar-refractivity contribution >= 4 is 11.8 Å². The molecular formula is C14H20N4O3. The molecule has 0 atom stereocenters. The van der Waals surface area contributed by atoms with Crippen LogP contribution in [0.15, 0.2) is 4.42 Å². The molecule has 2 amide bonds. The van der Waals surface area contributed by atoms with Crippen molar-refractivity contribution < 1.29 is 14.0 Å². The highest BCUT2D eigenvalue weighted by Crippen LogP contribution is 2.31. The average Bonchev–Trinajstić information content (AvgIpc) is 3.27. The maximum absolute atomic E-state index is 12.1. The molecule has 0 unspecified atom stereocenters. The Morgan fingerprint density at radius 3 is 2.38 bits per heavy atom. The van der Waals surface area contributed by atoms with Crippen LogP contribution < -0.4 is 0 Å². The van der Waals surface area contributed by atoms with Gasteiger partial charge in [0.1, 0.15) is 0 Å². The van der Waals surface area contributed by atoms with E-state index in [1.807, 2.05) is 9.80 Å². The van der Waals surface area contributed by atoms with Crippen molar-refractivity contribution in [3.63, 3.8) is 0 Å². The molecule has 1 aromatic heterocycles. The lowest BCUT2D eigenvalue weighted by Gasteiger charge is -2.35. The first-order valence-electron chi connectivity index (χ1n) is 7.49. The summed E-state index contributed by atoms with van der Waals surface area (Å²) in [6, 6.07) is 0. The van der Waals surface area contributed by atoms with E-state index in [2.05, 4.69) is 10.2 Å². The van der Waals surface area contributed by atoms with Gasteiger partial charge in [-0.05, 0) is 12.8 Å². The Morgan fingerprint density at radius 2 is 1.81 bits per heavy atom. The number of rotatable bonds is 4. The number of carbonyl (C=O) groups is 2. The van der Waals surface area contributed by atoms with Crippen LogP contribution in [0.5, 0.6) is 0 Å². The number of hydrogen-bond acceptors (Lipinski definition) is 5. The molecule has 0 aromatic carbocycles. The van der Waals surface area contributed by atoms with Crippen molar-refractivity contribution in [2.24, 2.45) is 5.92 Å². The van der Waals surface area contributed by atoms with E-state index in [9.17, 15) is 9.59 Å². The van der Waals surface area contributed by atoms with Gasteiger partial charge in [-0.2, -0.15) is 0 Å². The Balaban J connectivity index is 1.43. The summed E-state index contributed by atoms with van der Waals surface area (Å²) in [6.45, 7) is 4.29. The number of piperazine rings is 1. The van der Waals surface area contributed by atoms with Crippen LogP contribution in [0.1, 0.15) is 31.0 Å². The van der Waals surface area contributed by atoms with Gasteiger partial charge in [-0.3, -0.25) is 9.59 Å². The Hall–Kier alpha value is -1.92. The minimum atomic E-state index is 0.0874. The number of nitrogens with zero attached hydrogens (tertiary/aromatic N) is 4. The van der Waals surface area contributed by atoms with Crippen LogP contribution in [-0.2, 0) is 16.0 Å². The van der Waals surface area contributed by atoms with Gasteiger partial charge in [-0.25, -0.2) is 0 Å². The summed E-state index contributed by atoms with van der Waals surface area (Å²) in [4.78, 5) is 27.8. The van der Waals surface area contributed by atoms with Gasteiger partial charge >= 0.3 is 0 Å². The Bertz CT molecular complexity index is 530. The summed E-state index contributed by atoms with van der Waals surface area (Å²) >= 11 is 0. The second-order valence-electron chi connectivity index (χ2n) is 5.70. The van der Waals surface area contributed by atoms with Crippen molar-refractivity contribution in [1.29, 1.82) is 0 Å². The first kappa shape index (κ1) is 14.0. The van der Waals surface area contributed by atoms with Crippen LogP contribution in [0.2, 0.25) is 0 Å². The number of aromatic nitrogens is 2. The molecule has 7 heteroatoms. The van der Waals surface area contributed by atoms with Crippen LogP contribution in [-0.4, -0.2) is 58.0 Å². The smallest absolute Gasteiger partial charge is 0.225 e. The fourth-order valence-electron chi connectivity index (χ4n) is 2.58. The number of hydrogen-bond donors (Lipinski definition) is 0. The maximum Gasteiger partial charge on any atom is 0.225 e. The van der Waals surface area contributed by atoms with E-state index in [0.29, 0.717) is 50.8 Å². The molecule has 0 radical (unpaired) electrons. The summed E-state index contributed by atoms with van der Waals surface area (Å²) in [7, 11) is 0. The molecule has 3 rings (SSSR count). The molecule has 1 saturated carbocycles. The molecule has 2 heterocycles. The van der Waals surface area contributed by atoms with Gasteiger partial charge in [-0.1, -0.05) is 0 Å². The normalized spacial score (nSPS) is 18.9. The molecule has 0 bridgehead atoms. The topological polar surface area (TPSA) is 79.5 Å². The molecule has 1 aliphatic heterocycles. The van der Waals surface area contributed by atoms with Crippen molar-refractivity contribution in [1.82, 2.24) is 20.0 Å². The van der Waals surface area contributed by atoms with Crippen molar-refractivity contribution in [2.75, 3.05) is 26.2 Å². The Kier molecular flexibility index (Phi) is 3.90. The minimum Gasteiger partial charge on any atom is -0.426 e. The van der Waals surface area contributed by atoms with Gasteiger partial charge in [0, 0.05) is 51.9 Å². The lowest BCUT2D eigenvalue weighted by Crippen LogP contribution is -2.51. The highest BCUT2D eigenvalue weighted by molar-refractivity contribution is 5.81. The summed E-state index contributed by atoms with van der Waals surface area (Å²) < 4.78 is 5.26. The monoisotopic (exact) mass is 292 g/mol. The molecule has 2 aliphatic rings. The zero-order valence-electron chi connectivity index (χ0n) is 12.2. The molecule has 2 fully saturated rings. The summed E-state index contributed by atoms with van der Waals surface area (Å²) in [6.07, 6.45) is 2.91. The SMILES string of the molecule is Cc1nnc(CCC(=O)N2CCN(C(=O)C3CC3)CC2)o1. The highest BCUT2D eigenvalue weighted by Gasteiger charge is 2.35. The molecule has 0 spiro atoms. The van der Waals surface area contributed by atoms with Crippen LogP contribution in [0.3, 0.4) is 0 Å². The van der Waals surface area contributed by atoms with Gasteiger partial charge < -0.3 is 14.2 Å². The predicted molar refractivity (Wildman–Crippen MR) is 73.2 cm³/mol. The molecule has 1 aliphatic carbocycles. The van der Waals surface area contributed by atoms with Crippen LogP contribution >= 0.6 is 0 Å². The van der Waals surface area contributed by atoms with Gasteiger partial charge in [-0.15, -0.1) is 10.2 Å².